The van der Waals surface area contributed by atoms with E-state index in [-0.39, 0.29) is 19.0 Å². The first kappa shape index (κ1) is 15.8. The molecule has 0 saturated carbocycles. The summed E-state index contributed by atoms with van der Waals surface area (Å²) in [5, 5.41) is 12.7. The van der Waals surface area contributed by atoms with E-state index in [1.165, 1.54) is 6.07 Å². The van der Waals surface area contributed by atoms with Gasteiger partial charge in [-0.25, -0.2) is 4.39 Å². The molecule has 0 aliphatic heterocycles. The molecule has 0 radical (unpaired) electrons. The molecule has 0 aliphatic carbocycles. The van der Waals surface area contributed by atoms with Crippen LogP contribution in [0.3, 0.4) is 0 Å². The summed E-state index contributed by atoms with van der Waals surface area (Å²) in [6.07, 6.45) is -0.732. The quantitative estimate of drug-likeness (QED) is 0.830. The maximum Gasteiger partial charge on any atom is 0.146 e. The first-order valence-corrected chi connectivity index (χ1v) is 7.40. The monoisotopic (exact) mass is 353 g/mol. The second-order valence-electron chi connectivity index (χ2n) is 4.79. The molecule has 112 valence electrons. The molecule has 5 heteroatoms. The van der Waals surface area contributed by atoms with Gasteiger partial charge in [0.15, 0.2) is 0 Å². The van der Waals surface area contributed by atoms with Crippen LogP contribution in [0.15, 0.2) is 46.9 Å². The highest BCUT2D eigenvalue weighted by molar-refractivity contribution is 9.10. The van der Waals surface area contributed by atoms with E-state index in [2.05, 4.69) is 21.2 Å². The number of halogens is 2. The number of hydrogen-bond donors (Lipinski definition) is 2. The summed E-state index contributed by atoms with van der Waals surface area (Å²) in [4.78, 5) is 0. The van der Waals surface area contributed by atoms with E-state index in [0.717, 1.165) is 10.0 Å². The van der Waals surface area contributed by atoms with Crippen LogP contribution < -0.4 is 10.1 Å². The lowest BCUT2D eigenvalue weighted by Crippen LogP contribution is -2.26. The Morgan fingerprint density at radius 3 is 2.81 bits per heavy atom. The minimum Gasteiger partial charge on any atom is -0.491 e. The first-order valence-electron chi connectivity index (χ1n) is 6.61. The van der Waals surface area contributed by atoms with Crippen LogP contribution in [-0.2, 0) is 0 Å². The van der Waals surface area contributed by atoms with E-state index in [1.54, 1.807) is 6.07 Å². The van der Waals surface area contributed by atoms with Gasteiger partial charge in [-0.3, -0.25) is 0 Å². The van der Waals surface area contributed by atoms with Gasteiger partial charge in [0.1, 0.15) is 24.3 Å². The molecule has 2 aromatic carbocycles. The van der Waals surface area contributed by atoms with Crippen LogP contribution in [-0.4, -0.2) is 24.4 Å². The van der Waals surface area contributed by atoms with Crippen molar-refractivity contribution < 1.29 is 14.2 Å². The number of aliphatic hydroxyl groups is 1. The summed E-state index contributed by atoms with van der Waals surface area (Å²) in [7, 11) is 0. The van der Waals surface area contributed by atoms with Crippen molar-refractivity contribution in [3.63, 3.8) is 0 Å². The van der Waals surface area contributed by atoms with E-state index in [9.17, 15) is 9.50 Å². The Morgan fingerprint density at radius 2 is 2.10 bits per heavy atom. The Morgan fingerprint density at radius 1 is 1.29 bits per heavy atom. The molecule has 0 aromatic heterocycles. The Labute approximate surface area is 131 Å². The molecule has 1 unspecified atom stereocenters. The molecule has 21 heavy (non-hydrogen) atoms. The molecule has 1 atom stereocenters. The van der Waals surface area contributed by atoms with Gasteiger partial charge in [-0.05, 0) is 42.8 Å². The average Bonchev–Trinajstić information content (AvgIpc) is 2.44. The van der Waals surface area contributed by atoms with Crippen LogP contribution in [0.25, 0.3) is 0 Å². The van der Waals surface area contributed by atoms with Gasteiger partial charge in [0.05, 0.1) is 5.69 Å². The van der Waals surface area contributed by atoms with Crippen molar-refractivity contribution in [1.29, 1.82) is 0 Å². The fraction of sp³-hybridized carbons (Fsp3) is 0.250. The first-order chi connectivity index (χ1) is 10.0. The van der Waals surface area contributed by atoms with Crippen molar-refractivity contribution in [3.05, 3.63) is 58.3 Å². The third-order valence-electron chi connectivity index (χ3n) is 2.89. The second kappa shape index (κ2) is 7.43. The van der Waals surface area contributed by atoms with E-state index < -0.39 is 6.10 Å². The molecule has 0 saturated heterocycles. The smallest absolute Gasteiger partial charge is 0.146 e. The van der Waals surface area contributed by atoms with Crippen molar-refractivity contribution in [2.24, 2.45) is 0 Å². The zero-order valence-electron chi connectivity index (χ0n) is 11.6. The van der Waals surface area contributed by atoms with E-state index >= 15 is 0 Å². The van der Waals surface area contributed by atoms with Gasteiger partial charge in [0.2, 0.25) is 0 Å². The summed E-state index contributed by atoms with van der Waals surface area (Å²) < 4.78 is 20.0. The Hall–Kier alpha value is -1.59. The highest BCUT2D eigenvalue weighted by atomic mass is 79.9. The van der Waals surface area contributed by atoms with Gasteiger partial charge in [-0.1, -0.05) is 28.1 Å². The van der Waals surface area contributed by atoms with Crippen molar-refractivity contribution in [1.82, 2.24) is 0 Å². The third-order valence-corrected chi connectivity index (χ3v) is 3.38. The number of aliphatic hydroxyl groups excluding tert-OH is 1. The summed E-state index contributed by atoms with van der Waals surface area (Å²) in [5.74, 6) is 0.347. The van der Waals surface area contributed by atoms with Crippen LogP contribution in [0.2, 0.25) is 0 Å². The summed E-state index contributed by atoms with van der Waals surface area (Å²) in [6, 6.07) is 12.3. The lowest BCUT2D eigenvalue weighted by molar-refractivity contribution is 0.117. The van der Waals surface area contributed by atoms with Gasteiger partial charge in [0, 0.05) is 11.0 Å². The zero-order chi connectivity index (χ0) is 15.2. The van der Waals surface area contributed by atoms with Crippen LogP contribution in [0.4, 0.5) is 10.1 Å². The van der Waals surface area contributed by atoms with Gasteiger partial charge in [0.25, 0.3) is 0 Å². The SMILES string of the molecule is Cc1ccc(NCC(O)COc2cccc(Br)c2)c(F)c1. The minimum absolute atomic E-state index is 0.136. The summed E-state index contributed by atoms with van der Waals surface area (Å²) in [5.41, 5.74) is 1.23. The molecule has 2 rings (SSSR count). The van der Waals surface area contributed by atoms with Gasteiger partial charge < -0.3 is 15.2 Å². The summed E-state index contributed by atoms with van der Waals surface area (Å²) in [6.45, 7) is 2.18. The van der Waals surface area contributed by atoms with Crippen LogP contribution >= 0.6 is 15.9 Å². The van der Waals surface area contributed by atoms with E-state index in [0.29, 0.717) is 11.4 Å². The summed E-state index contributed by atoms with van der Waals surface area (Å²) >= 11 is 3.35. The number of anilines is 1. The van der Waals surface area contributed by atoms with E-state index in [1.807, 2.05) is 37.3 Å². The highest BCUT2D eigenvalue weighted by Gasteiger charge is 2.08. The van der Waals surface area contributed by atoms with Crippen molar-refractivity contribution >= 4 is 21.6 Å². The standard InChI is InChI=1S/C16H17BrFNO2/c1-11-5-6-16(15(18)7-11)19-9-13(20)10-21-14-4-2-3-12(17)8-14/h2-8,13,19-20H,9-10H2,1H3. The second-order valence-corrected chi connectivity index (χ2v) is 5.70. The maximum absolute atomic E-state index is 13.6. The number of hydrogen-bond acceptors (Lipinski definition) is 3. The van der Waals surface area contributed by atoms with Gasteiger partial charge >= 0.3 is 0 Å². The topological polar surface area (TPSA) is 41.5 Å². The number of benzene rings is 2. The molecule has 2 N–H and O–H groups in total. The molecule has 2 aromatic rings. The van der Waals surface area contributed by atoms with Crippen LogP contribution in [0.1, 0.15) is 5.56 Å². The van der Waals surface area contributed by atoms with Crippen LogP contribution in [0, 0.1) is 12.7 Å². The molecule has 0 amide bonds. The molecular formula is C16H17BrFNO2. The number of rotatable bonds is 6. The van der Waals surface area contributed by atoms with Crippen molar-refractivity contribution in [3.8, 4) is 5.75 Å². The molecule has 0 fully saturated rings. The Balaban J connectivity index is 1.80. The van der Waals surface area contributed by atoms with Crippen LogP contribution in [0.5, 0.6) is 5.75 Å². The molecule has 0 heterocycles. The lowest BCUT2D eigenvalue weighted by Gasteiger charge is -2.14. The largest absolute Gasteiger partial charge is 0.491 e. The third kappa shape index (κ3) is 5.02. The molecule has 0 aliphatic rings. The number of aryl methyl sites for hydroxylation is 1. The Bertz CT molecular complexity index is 607. The molecular weight excluding hydrogens is 337 g/mol. The van der Waals surface area contributed by atoms with Crippen molar-refractivity contribution in [2.75, 3.05) is 18.5 Å². The molecule has 0 spiro atoms. The minimum atomic E-state index is -0.732. The zero-order valence-corrected chi connectivity index (χ0v) is 13.2. The maximum atomic E-state index is 13.6. The normalized spacial score (nSPS) is 12.0. The highest BCUT2D eigenvalue weighted by Crippen LogP contribution is 2.18. The number of ether oxygens (including phenoxy) is 1. The average molecular weight is 354 g/mol. The number of nitrogens with one attached hydrogen (secondary N) is 1. The molecule has 3 nitrogen and oxygen atoms in total. The van der Waals surface area contributed by atoms with E-state index in [4.69, 9.17) is 4.74 Å². The fourth-order valence-electron chi connectivity index (χ4n) is 1.80. The molecule has 0 bridgehead atoms. The lowest BCUT2D eigenvalue weighted by atomic mass is 10.2. The van der Waals surface area contributed by atoms with Crippen molar-refractivity contribution in [2.45, 2.75) is 13.0 Å². The fourth-order valence-corrected chi connectivity index (χ4v) is 2.18. The predicted octanol–water partition coefficient (Wildman–Crippen LogP) is 3.75. The van der Waals surface area contributed by atoms with Gasteiger partial charge in [-0.15, -0.1) is 0 Å². The van der Waals surface area contributed by atoms with Gasteiger partial charge in [-0.2, -0.15) is 0 Å². The predicted molar refractivity (Wildman–Crippen MR) is 85.3 cm³/mol. The Kier molecular flexibility index (Phi) is 5.59.